The molecule has 2 unspecified atom stereocenters. The molecule has 3 atom stereocenters. The predicted octanol–water partition coefficient (Wildman–Crippen LogP) is 5.60. The molecule has 0 amide bonds. The molecule has 1 fully saturated rings. The zero-order valence-electron chi connectivity index (χ0n) is 13.2. The first kappa shape index (κ1) is 15.9. The van der Waals surface area contributed by atoms with E-state index in [-0.39, 0.29) is 0 Å². The molecule has 1 aliphatic carbocycles. The first-order chi connectivity index (χ1) is 9.39. The van der Waals surface area contributed by atoms with Crippen LogP contribution in [0.1, 0.15) is 65.0 Å². The SMILES string of the molecule is C[C@H](NC1CCCCC1C(C)(C)C)c1ccccc1Cl. The Morgan fingerprint density at radius 2 is 1.80 bits per heavy atom. The van der Waals surface area contributed by atoms with Crippen LogP contribution < -0.4 is 5.32 Å². The van der Waals surface area contributed by atoms with Crippen molar-refractivity contribution >= 4 is 11.6 Å². The van der Waals surface area contributed by atoms with Gasteiger partial charge in [0.15, 0.2) is 0 Å². The van der Waals surface area contributed by atoms with E-state index in [9.17, 15) is 0 Å². The van der Waals surface area contributed by atoms with Gasteiger partial charge in [-0.3, -0.25) is 0 Å². The Morgan fingerprint density at radius 3 is 2.45 bits per heavy atom. The molecule has 2 rings (SSSR count). The van der Waals surface area contributed by atoms with Crippen LogP contribution in [0.25, 0.3) is 0 Å². The lowest BCUT2D eigenvalue weighted by atomic mass is 9.69. The van der Waals surface area contributed by atoms with Crippen LogP contribution in [-0.4, -0.2) is 6.04 Å². The van der Waals surface area contributed by atoms with Crippen molar-refractivity contribution in [1.82, 2.24) is 5.32 Å². The summed E-state index contributed by atoms with van der Waals surface area (Å²) in [7, 11) is 0. The highest BCUT2D eigenvalue weighted by Crippen LogP contribution is 2.39. The molecule has 1 aromatic rings. The van der Waals surface area contributed by atoms with Crippen LogP contribution in [0.2, 0.25) is 5.02 Å². The maximum Gasteiger partial charge on any atom is 0.0453 e. The normalized spacial score (nSPS) is 25.4. The Balaban J connectivity index is 2.09. The number of halogens is 1. The predicted molar refractivity (Wildman–Crippen MR) is 88.2 cm³/mol. The molecule has 1 saturated carbocycles. The standard InChI is InChI=1S/C18H28ClN/c1-13(14-9-5-7-11-16(14)19)20-17-12-8-6-10-15(17)18(2,3)4/h5,7,9,11,13,15,17,20H,6,8,10,12H2,1-4H3/t13-,15?,17?/m0/s1. The van der Waals surface area contributed by atoms with Crippen LogP contribution in [0.4, 0.5) is 0 Å². The lowest BCUT2D eigenvalue weighted by Gasteiger charge is -2.42. The molecule has 0 heterocycles. The second-order valence-electron chi connectivity index (χ2n) is 7.27. The number of hydrogen-bond acceptors (Lipinski definition) is 1. The molecule has 112 valence electrons. The summed E-state index contributed by atoms with van der Waals surface area (Å²) in [6, 6.07) is 9.11. The van der Waals surface area contributed by atoms with Crippen molar-refractivity contribution in [1.29, 1.82) is 0 Å². The second-order valence-corrected chi connectivity index (χ2v) is 7.68. The Kier molecular flexibility index (Phi) is 5.14. The van der Waals surface area contributed by atoms with E-state index in [0.717, 1.165) is 10.9 Å². The van der Waals surface area contributed by atoms with Crippen LogP contribution in [0.15, 0.2) is 24.3 Å². The van der Waals surface area contributed by atoms with E-state index in [0.29, 0.717) is 17.5 Å². The third-order valence-electron chi connectivity index (χ3n) is 4.71. The first-order valence-corrected chi connectivity index (χ1v) is 8.28. The molecule has 0 bridgehead atoms. The van der Waals surface area contributed by atoms with Crippen LogP contribution >= 0.6 is 11.6 Å². The summed E-state index contributed by atoms with van der Waals surface area (Å²) in [5.74, 6) is 0.751. The monoisotopic (exact) mass is 293 g/mol. The van der Waals surface area contributed by atoms with Crippen LogP contribution in [0.3, 0.4) is 0 Å². The first-order valence-electron chi connectivity index (χ1n) is 7.90. The van der Waals surface area contributed by atoms with Gasteiger partial charge < -0.3 is 5.32 Å². The molecular formula is C18H28ClN. The fourth-order valence-corrected chi connectivity index (χ4v) is 3.90. The quantitative estimate of drug-likeness (QED) is 0.765. The molecule has 1 N–H and O–H groups in total. The van der Waals surface area contributed by atoms with E-state index in [1.165, 1.54) is 31.2 Å². The van der Waals surface area contributed by atoms with Gasteiger partial charge in [0.1, 0.15) is 0 Å². The van der Waals surface area contributed by atoms with Gasteiger partial charge in [-0.15, -0.1) is 0 Å². The van der Waals surface area contributed by atoms with Crippen molar-refractivity contribution in [3.05, 3.63) is 34.9 Å². The van der Waals surface area contributed by atoms with Crippen LogP contribution in [0.5, 0.6) is 0 Å². The van der Waals surface area contributed by atoms with Crippen LogP contribution in [0, 0.1) is 11.3 Å². The summed E-state index contributed by atoms with van der Waals surface area (Å²) in [5, 5.41) is 4.72. The number of rotatable bonds is 3. The summed E-state index contributed by atoms with van der Waals surface area (Å²) in [5.41, 5.74) is 1.59. The van der Waals surface area contributed by atoms with Gasteiger partial charge in [0.25, 0.3) is 0 Å². The Bertz CT molecular complexity index is 435. The molecule has 0 spiro atoms. The lowest BCUT2D eigenvalue weighted by molar-refractivity contribution is 0.124. The highest BCUT2D eigenvalue weighted by Gasteiger charge is 2.34. The third kappa shape index (κ3) is 3.77. The lowest BCUT2D eigenvalue weighted by Crippen LogP contribution is -2.45. The molecule has 0 saturated heterocycles. The van der Waals surface area contributed by atoms with E-state index in [2.05, 4.69) is 45.1 Å². The number of hydrogen-bond donors (Lipinski definition) is 1. The van der Waals surface area contributed by atoms with Crippen molar-refractivity contribution in [3.8, 4) is 0 Å². The van der Waals surface area contributed by atoms with Gasteiger partial charge in [-0.25, -0.2) is 0 Å². The van der Waals surface area contributed by atoms with Crippen molar-refractivity contribution < 1.29 is 0 Å². The van der Waals surface area contributed by atoms with Gasteiger partial charge in [-0.1, -0.05) is 63.4 Å². The Hall–Kier alpha value is -0.530. The highest BCUT2D eigenvalue weighted by atomic mass is 35.5. The third-order valence-corrected chi connectivity index (χ3v) is 5.06. The van der Waals surface area contributed by atoms with Crippen LogP contribution in [-0.2, 0) is 0 Å². The van der Waals surface area contributed by atoms with E-state index in [4.69, 9.17) is 11.6 Å². The molecular weight excluding hydrogens is 266 g/mol. The summed E-state index contributed by atoms with van der Waals surface area (Å²) >= 11 is 6.32. The topological polar surface area (TPSA) is 12.0 Å². The smallest absolute Gasteiger partial charge is 0.0453 e. The Morgan fingerprint density at radius 1 is 1.15 bits per heavy atom. The van der Waals surface area contributed by atoms with Gasteiger partial charge in [-0.05, 0) is 42.7 Å². The highest BCUT2D eigenvalue weighted by molar-refractivity contribution is 6.31. The van der Waals surface area contributed by atoms with E-state index >= 15 is 0 Å². The minimum Gasteiger partial charge on any atom is -0.307 e. The largest absolute Gasteiger partial charge is 0.307 e. The average Bonchev–Trinajstić information content (AvgIpc) is 2.38. The molecule has 0 radical (unpaired) electrons. The summed E-state index contributed by atoms with van der Waals surface area (Å²) in [6.07, 6.45) is 5.35. The van der Waals surface area contributed by atoms with Crippen molar-refractivity contribution in [2.45, 2.75) is 65.5 Å². The van der Waals surface area contributed by atoms with E-state index in [1.54, 1.807) is 0 Å². The van der Waals surface area contributed by atoms with Crippen molar-refractivity contribution in [2.24, 2.45) is 11.3 Å². The molecule has 0 aliphatic heterocycles. The summed E-state index contributed by atoms with van der Waals surface area (Å²) in [6.45, 7) is 9.35. The number of benzene rings is 1. The van der Waals surface area contributed by atoms with Crippen molar-refractivity contribution in [3.63, 3.8) is 0 Å². The summed E-state index contributed by atoms with van der Waals surface area (Å²) in [4.78, 5) is 0. The Labute approximate surface area is 129 Å². The fourth-order valence-electron chi connectivity index (χ4n) is 3.60. The van der Waals surface area contributed by atoms with Gasteiger partial charge in [0.2, 0.25) is 0 Å². The zero-order valence-corrected chi connectivity index (χ0v) is 14.0. The zero-order chi connectivity index (χ0) is 14.8. The minimum atomic E-state index is 0.316. The summed E-state index contributed by atoms with van der Waals surface area (Å²) < 4.78 is 0. The second kappa shape index (κ2) is 6.49. The van der Waals surface area contributed by atoms with E-state index in [1.807, 2.05) is 12.1 Å². The molecule has 1 nitrogen and oxygen atoms in total. The maximum atomic E-state index is 6.32. The molecule has 1 aromatic carbocycles. The fraction of sp³-hybridized carbons (Fsp3) is 0.667. The average molecular weight is 294 g/mol. The maximum absolute atomic E-state index is 6.32. The van der Waals surface area contributed by atoms with Crippen molar-refractivity contribution in [2.75, 3.05) is 0 Å². The molecule has 1 aliphatic rings. The molecule has 2 heteroatoms. The van der Waals surface area contributed by atoms with Gasteiger partial charge >= 0.3 is 0 Å². The van der Waals surface area contributed by atoms with Gasteiger partial charge in [0.05, 0.1) is 0 Å². The molecule has 20 heavy (non-hydrogen) atoms. The molecule has 0 aromatic heterocycles. The minimum absolute atomic E-state index is 0.316. The number of nitrogens with one attached hydrogen (secondary N) is 1. The van der Waals surface area contributed by atoms with E-state index < -0.39 is 0 Å². The van der Waals surface area contributed by atoms with Gasteiger partial charge in [0, 0.05) is 17.1 Å². The van der Waals surface area contributed by atoms with Gasteiger partial charge in [-0.2, -0.15) is 0 Å².